The molecule has 1 aromatic carbocycles. The molecule has 3 rings (SSSR count). The zero-order chi connectivity index (χ0) is 22.5. The maximum absolute atomic E-state index is 13.0. The summed E-state index contributed by atoms with van der Waals surface area (Å²) in [5, 5.41) is 29.7. The molecule has 1 aliphatic rings. The van der Waals surface area contributed by atoms with Crippen LogP contribution < -0.4 is 16.0 Å². The predicted octanol–water partition coefficient (Wildman–Crippen LogP) is 3.68. The van der Waals surface area contributed by atoms with Crippen LogP contribution in [0.15, 0.2) is 56.3 Å². The fraction of sp³-hybridized carbons (Fsp3) is 0.286. The van der Waals surface area contributed by atoms with Crippen molar-refractivity contribution in [1.82, 2.24) is 5.32 Å². The number of nitrogens with zero attached hydrogens (tertiary/aromatic N) is 1. The number of carbonyl (C=O) groups excluding carboxylic acids is 1. The van der Waals surface area contributed by atoms with E-state index in [0.717, 1.165) is 12.1 Å². The summed E-state index contributed by atoms with van der Waals surface area (Å²) in [6.07, 6.45) is 0.754. The molecule has 2 aromatic rings. The maximum Gasteiger partial charge on any atom is 0.258 e. The number of allylic oxidation sites excluding steroid dienone is 1. The van der Waals surface area contributed by atoms with E-state index >= 15 is 0 Å². The summed E-state index contributed by atoms with van der Waals surface area (Å²) < 4.78 is 16.9. The molecular formula is C21H25N5O3S2. The predicted molar refractivity (Wildman–Crippen MR) is 127 cm³/mol. The zero-order valence-corrected chi connectivity index (χ0v) is 19.1. The Labute approximate surface area is 187 Å². The number of carbonyl (C=O) groups is 1. The van der Waals surface area contributed by atoms with Crippen molar-refractivity contribution in [1.29, 1.82) is 5.41 Å². The van der Waals surface area contributed by atoms with Crippen molar-refractivity contribution in [3.05, 3.63) is 51.9 Å². The van der Waals surface area contributed by atoms with E-state index in [1.807, 2.05) is 13.8 Å². The summed E-state index contributed by atoms with van der Waals surface area (Å²) >= 11 is 1.27. The second-order valence-electron chi connectivity index (χ2n) is 7.29. The van der Waals surface area contributed by atoms with Crippen LogP contribution in [0, 0.1) is 11.3 Å². The number of aliphatic hydroxyl groups excluding tert-OH is 1. The second kappa shape index (κ2) is 9.88. The topological polar surface area (TPSA) is 127 Å². The Bertz CT molecular complexity index is 1070. The zero-order valence-electron chi connectivity index (χ0n) is 17.5. The Hall–Kier alpha value is -2.98. The van der Waals surface area contributed by atoms with Crippen molar-refractivity contribution in [3.63, 3.8) is 0 Å². The van der Waals surface area contributed by atoms with E-state index in [0.29, 0.717) is 27.9 Å². The Balaban J connectivity index is 2.00. The summed E-state index contributed by atoms with van der Waals surface area (Å²) in [5.74, 6) is -0.762. The van der Waals surface area contributed by atoms with Gasteiger partial charge in [0, 0.05) is 19.3 Å². The van der Waals surface area contributed by atoms with Gasteiger partial charge in [-0.15, -0.1) is 11.3 Å². The van der Waals surface area contributed by atoms with Crippen LogP contribution in [0.3, 0.4) is 0 Å². The molecule has 2 heterocycles. The molecule has 1 unspecified atom stereocenters. The van der Waals surface area contributed by atoms with Gasteiger partial charge in [0.15, 0.2) is 22.6 Å². The highest BCUT2D eigenvalue weighted by molar-refractivity contribution is 7.84. The molecule has 164 valence electrons. The van der Waals surface area contributed by atoms with Crippen molar-refractivity contribution >= 4 is 51.2 Å². The summed E-state index contributed by atoms with van der Waals surface area (Å²) in [4.78, 5) is 14.0. The van der Waals surface area contributed by atoms with Crippen LogP contribution in [-0.4, -0.2) is 40.4 Å². The lowest BCUT2D eigenvalue weighted by Crippen LogP contribution is -2.35. The van der Waals surface area contributed by atoms with Crippen LogP contribution in [0.5, 0.6) is 0 Å². The average Bonchev–Trinajstić information content (AvgIpc) is 3.27. The molecule has 31 heavy (non-hydrogen) atoms. The highest BCUT2D eigenvalue weighted by atomic mass is 32.2. The molecule has 0 saturated heterocycles. The van der Waals surface area contributed by atoms with Gasteiger partial charge in [-0.3, -0.25) is 10.2 Å². The van der Waals surface area contributed by atoms with Crippen molar-refractivity contribution < 1.29 is 14.1 Å². The van der Waals surface area contributed by atoms with Crippen LogP contribution in [0.1, 0.15) is 25.1 Å². The van der Waals surface area contributed by atoms with Crippen LogP contribution in [0.4, 0.5) is 11.4 Å². The van der Waals surface area contributed by atoms with E-state index in [4.69, 9.17) is 5.41 Å². The van der Waals surface area contributed by atoms with E-state index in [1.165, 1.54) is 11.3 Å². The van der Waals surface area contributed by atoms with Crippen LogP contribution in [0.2, 0.25) is 0 Å². The Morgan fingerprint density at radius 2 is 2.13 bits per heavy atom. The van der Waals surface area contributed by atoms with Gasteiger partial charge in [-0.1, -0.05) is 19.9 Å². The third kappa shape index (κ3) is 5.20. The first-order chi connectivity index (χ1) is 14.8. The van der Waals surface area contributed by atoms with Crippen LogP contribution in [-0.2, 0) is 15.8 Å². The number of rotatable bonds is 8. The molecule has 0 fully saturated rings. The molecular weight excluding hydrogens is 434 g/mol. The molecule has 1 atom stereocenters. The van der Waals surface area contributed by atoms with Gasteiger partial charge >= 0.3 is 0 Å². The van der Waals surface area contributed by atoms with E-state index < -0.39 is 22.7 Å². The lowest BCUT2D eigenvalue weighted by atomic mass is 10.1. The highest BCUT2D eigenvalue weighted by Crippen LogP contribution is 2.29. The van der Waals surface area contributed by atoms with Gasteiger partial charge < -0.3 is 21.1 Å². The molecule has 0 bridgehead atoms. The molecule has 0 saturated carbocycles. The maximum atomic E-state index is 13.0. The lowest BCUT2D eigenvalue weighted by Gasteiger charge is -2.21. The quantitative estimate of drug-likeness (QED) is 0.234. The number of amidine groups is 1. The van der Waals surface area contributed by atoms with Gasteiger partial charge in [-0.25, -0.2) is 4.21 Å². The minimum atomic E-state index is -1.78. The van der Waals surface area contributed by atoms with Gasteiger partial charge in [0.1, 0.15) is 11.3 Å². The van der Waals surface area contributed by atoms with Crippen molar-refractivity contribution in [2.45, 2.75) is 25.2 Å². The molecule has 0 aliphatic carbocycles. The minimum absolute atomic E-state index is 0.0381. The van der Waals surface area contributed by atoms with Crippen LogP contribution >= 0.6 is 11.3 Å². The van der Waals surface area contributed by atoms with Gasteiger partial charge in [0.05, 0.1) is 15.5 Å². The third-order valence-corrected chi connectivity index (χ3v) is 6.55. The van der Waals surface area contributed by atoms with E-state index in [-0.39, 0.29) is 17.1 Å². The number of benzene rings is 1. The second-order valence-corrected chi connectivity index (χ2v) is 9.36. The van der Waals surface area contributed by atoms with Crippen molar-refractivity contribution in [2.24, 2.45) is 10.3 Å². The van der Waals surface area contributed by atoms with E-state index in [9.17, 15) is 14.1 Å². The number of amides is 1. The first-order valence-corrected chi connectivity index (χ1v) is 11.7. The van der Waals surface area contributed by atoms with Crippen molar-refractivity contribution in [2.75, 3.05) is 24.2 Å². The number of thiophene rings is 1. The highest BCUT2D eigenvalue weighted by Gasteiger charge is 2.29. The molecule has 5 N–H and O–H groups in total. The van der Waals surface area contributed by atoms with Gasteiger partial charge in [-0.05, 0) is 42.0 Å². The molecule has 1 aromatic heterocycles. The Morgan fingerprint density at radius 3 is 2.77 bits per heavy atom. The van der Waals surface area contributed by atoms with E-state index in [2.05, 4.69) is 20.3 Å². The average molecular weight is 460 g/mol. The SMILES string of the molecule is CNc1ccc2c(c1)S(=O)N=C(C(C(=O)NCCC(C)C)=C(O)C(=N)c1cccs1)N2. The largest absolute Gasteiger partial charge is 0.505 e. The number of hydrogen-bond donors (Lipinski definition) is 5. The summed E-state index contributed by atoms with van der Waals surface area (Å²) in [5.41, 5.74) is 0.886. The summed E-state index contributed by atoms with van der Waals surface area (Å²) in [6.45, 7) is 4.48. The first kappa shape index (κ1) is 22.7. The summed E-state index contributed by atoms with van der Waals surface area (Å²) in [6, 6.07) is 8.67. The van der Waals surface area contributed by atoms with Crippen LogP contribution in [0.25, 0.3) is 0 Å². The Kier molecular flexibility index (Phi) is 7.24. The number of anilines is 2. The third-order valence-electron chi connectivity index (χ3n) is 4.60. The first-order valence-electron chi connectivity index (χ1n) is 9.75. The Morgan fingerprint density at radius 1 is 1.35 bits per heavy atom. The van der Waals surface area contributed by atoms with Gasteiger partial charge in [-0.2, -0.15) is 4.40 Å². The van der Waals surface area contributed by atoms with Crippen molar-refractivity contribution in [3.8, 4) is 0 Å². The molecule has 10 heteroatoms. The number of nitrogens with one attached hydrogen (secondary N) is 4. The molecule has 0 radical (unpaired) electrons. The minimum Gasteiger partial charge on any atom is -0.505 e. The smallest absolute Gasteiger partial charge is 0.258 e. The standard InChI is InChI=1S/C21H25N5O3S2/c1-12(2)8-9-24-21(28)17(19(27)18(22)15-5-4-10-30-15)20-25-14-7-6-13(23-3)11-16(14)31(29)26-20/h4-7,10-12,22-23,27H,8-9H2,1-3H3,(H,24,28)(H,25,26). The fourth-order valence-electron chi connectivity index (χ4n) is 2.87. The molecule has 1 amide bonds. The number of aliphatic hydroxyl groups is 1. The molecule has 8 nitrogen and oxygen atoms in total. The number of hydrogen-bond acceptors (Lipinski definition) is 7. The normalized spacial score (nSPS) is 16.0. The monoisotopic (exact) mass is 459 g/mol. The fourth-order valence-corrected chi connectivity index (χ4v) is 4.48. The van der Waals surface area contributed by atoms with E-state index in [1.54, 1.807) is 42.8 Å². The molecule has 0 spiro atoms. The van der Waals surface area contributed by atoms with Gasteiger partial charge in [0.2, 0.25) is 0 Å². The summed E-state index contributed by atoms with van der Waals surface area (Å²) in [7, 11) is -0.0253. The molecule has 1 aliphatic heterocycles. The lowest BCUT2D eigenvalue weighted by molar-refractivity contribution is -0.117. The number of fused-ring (bicyclic) bond motifs is 1. The van der Waals surface area contributed by atoms with Gasteiger partial charge in [0.25, 0.3) is 5.91 Å².